The summed E-state index contributed by atoms with van der Waals surface area (Å²) >= 11 is 0. The highest BCUT2D eigenvalue weighted by Crippen LogP contribution is 2.28. The Kier molecular flexibility index (Phi) is 4.03. The molecule has 126 valence electrons. The molecule has 2 aromatic rings. The Balaban J connectivity index is 1.90. The first-order chi connectivity index (χ1) is 10.8. The average Bonchev–Trinajstić information content (AvgIpc) is 3.10. The van der Waals surface area contributed by atoms with Crippen LogP contribution in [0.5, 0.6) is 0 Å². The molecule has 1 aliphatic rings. The smallest absolute Gasteiger partial charge is 0.258 e. The number of rotatable bonds is 4. The largest absolute Gasteiger partial charge is 0.337 e. The Hall–Kier alpha value is -1.71. The van der Waals surface area contributed by atoms with E-state index in [1.54, 1.807) is 32.7 Å². The lowest BCUT2D eigenvalue weighted by atomic mass is 10.0. The van der Waals surface area contributed by atoms with E-state index in [0.29, 0.717) is 12.1 Å². The highest BCUT2D eigenvalue weighted by molar-refractivity contribution is 7.89. The minimum atomic E-state index is -3.63. The fourth-order valence-corrected chi connectivity index (χ4v) is 4.94. The Bertz CT molecular complexity index is 790. The van der Waals surface area contributed by atoms with Gasteiger partial charge in [0.25, 0.3) is 10.0 Å². The molecule has 1 aliphatic heterocycles. The SMILES string of the molecule is Cc1cnn(C)c1S(=O)(=O)N[C@@H]1CN(C)C[C@H]1c1cncn1C. The zero-order chi connectivity index (χ0) is 16.8. The number of nitrogens with zero attached hydrogens (tertiary/aromatic N) is 5. The maximum absolute atomic E-state index is 12.8. The third-order valence-corrected chi connectivity index (χ3v) is 6.06. The van der Waals surface area contributed by atoms with Crippen LogP contribution in [0.1, 0.15) is 17.2 Å². The summed E-state index contributed by atoms with van der Waals surface area (Å²) in [6.07, 6.45) is 5.11. The van der Waals surface area contributed by atoms with Crippen LogP contribution in [-0.2, 0) is 24.1 Å². The van der Waals surface area contributed by atoms with Crippen LogP contribution in [0.3, 0.4) is 0 Å². The monoisotopic (exact) mass is 338 g/mol. The van der Waals surface area contributed by atoms with Gasteiger partial charge in [-0.05, 0) is 14.0 Å². The molecule has 3 rings (SSSR count). The summed E-state index contributed by atoms with van der Waals surface area (Å²) in [5.41, 5.74) is 1.67. The third kappa shape index (κ3) is 2.91. The lowest BCUT2D eigenvalue weighted by molar-refractivity contribution is 0.404. The van der Waals surface area contributed by atoms with Crippen LogP contribution in [0, 0.1) is 6.92 Å². The molecule has 0 bridgehead atoms. The van der Waals surface area contributed by atoms with Crippen molar-refractivity contribution in [1.29, 1.82) is 0 Å². The van der Waals surface area contributed by atoms with Crippen molar-refractivity contribution >= 4 is 10.0 Å². The average molecular weight is 338 g/mol. The molecule has 1 N–H and O–H groups in total. The van der Waals surface area contributed by atoms with Crippen molar-refractivity contribution in [2.75, 3.05) is 20.1 Å². The van der Waals surface area contributed by atoms with Gasteiger partial charge in [0.15, 0.2) is 5.03 Å². The van der Waals surface area contributed by atoms with Crippen LogP contribution in [0.15, 0.2) is 23.7 Å². The summed E-state index contributed by atoms with van der Waals surface area (Å²) in [7, 11) is 1.93. The van der Waals surface area contributed by atoms with Crippen LogP contribution in [0.4, 0.5) is 0 Å². The second-order valence-electron chi connectivity index (χ2n) is 6.24. The van der Waals surface area contributed by atoms with Crippen LogP contribution >= 0.6 is 0 Å². The number of hydrogen-bond donors (Lipinski definition) is 1. The number of nitrogens with one attached hydrogen (secondary N) is 1. The maximum atomic E-state index is 12.8. The normalized spacial score (nSPS) is 22.8. The molecular weight excluding hydrogens is 316 g/mol. The van der Waals surface area contributed by atoms with E-state index in [0.717, 1.165) is 12.2 Å². The van der Waals surface area contributed by atoms with E-state index >= 15 is 0 Å². The van der Waals surface area contributed by atoms with E-state index in [2.05, 4.69) is 19.7 Å². The summed E-state index contributed by atoms with van der Waals surface area (Å²) in [4.78, 5) is 6.28. The van der Waals surface area contributed by atoms with Crippen LogP contribution < -0.4 is 4.72 Å². The van der Waals surface area contributed by atoms with Gasteiger partial charge in [0, 0.05) is 56.6 Å². The van der Waals surface area contributed by atoms with Crippen molar-refractivity contribution in [2.24, 2.45) is 14.1 Å². The van der Waals surface area contributed by atoms with Crippen molar-refractivity contribution in [3.05, 3.63) is 30.0 Å². The molecule has 1 saturated heterocycles. The second kappa shape index (κ2) is 5.73. The van der Waals surface area contributed by atoms with Crippen LogP contribution in [0.25, 0.3) is 0 Å². The van der Waals surface area contributed by atoms with E-state index in [9.17, 15) is 8.42 Å². The second-order valence-corrected chi connectivity index (χ2v) is 7.87. The van der Waals surface area contributed by atoms with Gasteiger partial charge in [0.2, 0.25) is 0 Å². The number of sulfonamides is 1. The molecule has 0 amide bonds. The van der Waals surface area contributed by atoms with Gasteiger partial charge in [0.05, 0.1) is 12.5 Å². The van der Waals surface area contributed by atoms with E-state index in [4.69, 9.17) is 0 Å². The molecule has 0 aliphatic carbocycles. The first kappa shape index (κ1) is 16.2. The fourth-order valence-electron chi connectivity index (χ4n) is 3.32. The van der Waals surface area contributed by atoms with Gasteiger partial charge in [-0.15, -0.1) is 0 Å². The molecular formula is C14H22N6O2S. The third-order valence-electron chi connectivity index (χ3n) is 4.35. The molecule has 0 radical (unpaired) electrons. The van der Waals surface area contributed by atoms with Crippen molar-refractivity contribution in [2.45, 2.75) is 23.9 Å². The van der Waals surface area contributed by atoms with Gasteiger partial charge in [-0.1, -0.05) is 0 Å². The summed E-state index contributed by atoms with van der Waals surface area (Å²) in [6.45, 7) is 3.20. The molecule has 0 aromatic carbocycles. The topological polar surface area (TPSA) is 85.1 Å². The van der Waals surface area contributed by atoms with Crippen molar-refractivity contribution in [1.82, 2.24) is 29.0 Å². The minimum absolute atomic E-state index is 0.0656. The molecule has 9 heteroatoms. The van der Waals surface area contributed by atoms with Crippen LogP contribution in [0.2, 0.25) is 0 Å². The van der Waals surface area contributed by atoms with E-state index < -0.39 is 10.0 Å². The number of likely N-dealkylation sites (N-methyl/N-ethyl adjacent to an activating group) is 1. The molecule has 2 atom stereocenters. The fraction of sp³-hybridized carbons (Fsp3) is 0.571. The number of aromatic nitrogens is 4. The number of imidazole rings is 1. The summed E-state index contributed by atoms with van der Waals surface area (Å²) in [6, 6.07) is -0.199. The van der Waals surface area contributed by atoms with Crippen molar-refractivity contribution < 1.29 is 8.42 Å². The number of aryl methyl sites for hydroxylation is 3. The summed E-state index contributed by atoms with van der Waals surface area (Å²) in [5.74, 6) is 0.0656. The zero-order valence-electron chi connectivity index (χ0n) is 13.8. The molecule has 0 spiro atoms. The molecule has 23 heavy (non-hydrogen) atoms. The van der Waals surface area contributed by atoms with Gasteiger partial charge < -0.3 is 9.47 Å². The van der Waals surface area contributed by atoms with E-state index in [-0.39, 0.29) is 17.0 Å². The lowest BCUT2D eigenvalue weighted by Crippen LogP contribution is -2.40. The molecule has 1 fully saturated rings. The van der Waals surface area contributed by atoms with Gasteiger partial charge in [0.1, 0.15) is 0 Å². The summed E-state index contributed by atoms with van der Waals surface area (Å²) < 4.78 is 31.8. The highest BCUT2D eigenvalue weighted by atomic mass is 32.2. The standard InChI is InChI=1S/C14H22N6O2S/c1-10-5-16-20(4)14(10)23(21,22)17-12-8-18(2)7-11(12)13-6-15-9-19(13)3/h5-6,9,11-12,17H,7-8H2,1-4H3/t11-,12-/m1/s1. The van der Waals surface area contributed by atoms with Crippen LogP contribution in [-0.4, -0.2) is 58.8 Å². The van der Waals surface area contributed by atoms with Gasteiger partial charge in [-0.25, -0.2) is 18.1 Å². The van der Waals surface area contributed by atoms with E-state index in [1.807, 2.05) is 18.7 Å². The molecule has 8 nitrogen and oxygen atoms in total. The first-order valence-corrected chi connectivity index (χ1v) is 8.93. The Morgan fingerprint density at radius 1 is 1.22 bits per heavy atom. The highest BCUT2D eigenvalue weighted by Gasteiger charge is 2.37. The molecule has 0 saturated carbocycles. The molecule has 3 heterocycles. The number of likely N-dealkylation sites (tertiary alicyclic amines) is 1. The Labute approximate surface area is 136 Å². The zero-order valence-corrected chi connectivity index (χ0v) is 14.6. The summed E-state index contributed by atoms with van der Waals surface area (Å²) in [5, 5.41) is 4.25. The predicted octanol–water partition coefficient (Wildman–Crippen LogP) is -0.162. The lowest BCUT2D eigenvalue weighted by Gasteiger charge is -2.20. The first-order valence-electron chi connectivity index (χ1n) is 7.45. The minimum Gasteiger partial charge on any atom is -0.337 e. The van der Waals surface area contributed by atoms with Gasteiger partial charge in [-0.2, -0.15) is 5.10 Å². The molecule has 2 aromatic heterocycles. The number of hydrogen-bond acceptors (Lipinski definition) is 5. The van der Waals surface area contributed by atoms with Gasteiger partial charge >= 0.3 is 0 Å². The maximum Gasteiger partial charge on any atom is 0.258 e. The van der Waals surface area contributed by atoms with E-state index in [1.165, 1.54) is 4.68 Å². The Morgan fingerprint density at radius 3 is 2.52 bits per heavy atom. The molecule has 0 unspecified atom stereocenters. The van der Waals surface area contributed by atoms with Gasteiger partial charge in [-0.3, -0.25) is 4.68 Å². The van der Waals surface area contributed by atoms with Crippen molar-refractivity contribution in [3.63, 3.8) is 0 Å². The Morgan fingerprint density at radius 2 is 1.96 bits per heavy atom. The predicted molar refractivity (Wildman–Crippen MR) is 85.5 cm³/mol. The van der Waals surface area contributed by atoms with Crippen molar-refractivity contribution in [3.8, 4) is 0 Å². The quantitative estimate of drug-likeness (QED) is 0.837.